The number of hydrogen-bond acceptors (Lipinski definition) is 1. The highest BCUT2D eigenvalue weighted by atomic mass is 32.1. The van der Waals surface area contributed by atoms with Gasteiger partial charge in [0.1, 0.15) is 0 Å². The van der Waals surface area contributed by atoms with Gasteiger partial charge < -0.3 is 0 Å². The van der Waals surface area contributed by atoms with Crippen LogP contribution in [0.25, 0.3) is 0 Å². The quantitative estimate of drug-likeness (QED) is 0.590. The number of thiophene rings is 1. The molecule has 0 amide bonds. The summed E-state index contributed by atoms with van der Waals surface area (Å²) in [5.41, 5.74) is 0. The van der Waals surface area contributed by atoms with Crippen LogP contribution in [0.1, 0.15) is 16.7 Å². The summed E-state index contributed by atoms with van der Waals surface area (Å²) in [5, 5.41) is 0. The van der Waals surface area contributed by atoms with E-state index < -0.39 is 0 Å². The topological polar surface area (TPSA) is 0 Å². The van der Waals surface area contributed by atoms with Crippen molar-refractivity contribution < 1.29 is 0 Å². The van der Waals surface area contributed by atoms with E-state index in [1.807, 2.05) is 11.3 Å². The Morgan fingerprint density at radius 3 is 2.82 bits per heavy atom. The smallest absolute Gasteiger partial charge is 0.0220 e. The minimum absolute atomic E-state index is 0.369. The molecular formula is C10H12S. The van der Waals surface area contributed by atoms with Crippen LogP contribution in [0.4, 0.5) is 0 Å². The number of terminal acetylenes is 1. The predicted octanol–water partition coefficient (Wildman–Crippen LogP) is 2.87. The third-order valence-corrected chi connectivity index (χ3v) is 2.61. The highest BCUT2D eigenvalue weighted by molar-refractivity contribution is 7.11. The van der Waals surface area contributed by atoms with Crippen LogP contribution in [0.2, 0.25) is 0 Å². The molecule has 0 bridgehead atoms. The molecule has 1 rings (SSSR count). The van der Waals surface area contributed by atoms with Gasteiger partial charge in [0, 0.05) is 15.7 Å². The molecule has 1 heteroatoms. The number of aryl methyl sites for hydroxylation is 1. The summed E-state index contributed by atoms with van der Waals surface area (Å²) in [6.07, 6.45) is 6.30. The van der Waals surface area contributed by atoms with Gasteiger partial charge in [0.2, 0.25) is 0 Å². The third-order valence-electron chi connectivity index (χ3n) is 1.59. The summed E-state index contributed by atoms with van der Waals surface area (Å²) in [6, 6.07) is 4.30. The molecule has 1 atom stereocenters. The molecule has 0 radical (unpaired) electrons. The van der Waals surface area contributed by atoms with E-state index in [1.54, 1.807) is 0 Å². The van der Waals surface area contributed by atoms with Gasteiger partial charge in [-0.15, -0.1) is 23.7 Å². The van der Waals surface area contributed by atoms with Gasteiger partial charge in [-0.25, -0.2) is 0 Å². The Morgan fingerprint density at radius 2 is 2.36 bits per heavy atom. The van der Waals surface area contributed by atoms with Crippen LogP contribution in [0.5, 0.6) is 0 Å². The highest BCUT2D eigenvalue weighted by Crippen LogP contribution is 2.18. The Labute approximate surface area is 72.3 Å². The van der Waals surface area contributed by atoms with Crippen molar-refractivity contribution in [1.29, 1.82) is 0 Å². The van der Waals surface area contributed by atoms with E-state index in [9.17, 15) is 0 Å². The summed E-state index contributed by atoms with van der Waals surface area (Å²) in [6.45, 7) is 4.20. The summed E-state index contributed by atoms with van der Waals surface area (Å²) in [5.74, 6) is 3.10. The van der Waals surface area contributed by atoms with Crippen molar-refractivity contribution in [3.8, 4) is 12.3 Å². The first-order valence-corrected chi connectivity index (χ1v) is 4.55. The predicted molar refractivity (Wildman–Crippen MR) is 50.8 cm³/mol. The maximum atomic E-state index is 5.28. The van der Waals surface area contributed by atoms with Gasteiger partial charge in [0.05, 0.1) is 0 Å². The molecule has 0 fully saturated rings. The summed E-state index contributed by atoms with van der Waals surface area (Å²) in [4.78, 5) is 2.76. The fourth-order valence-corrected chi connectivity index (χ4v) is 1.97. The molecule has 1 aromatic heterocycles. The first-order chi connectivity index (χ1) is 5.22. The number of rotatable bonds is 2. The zero-order chi connectivity index (χ0) is 8.27. The molecule has 0 spiro atoms. The molecule has 0 aliphatic rings. The van der Waals surface area contributed by atoms with E-state index in [1.165, 1.54) is 9.75 Å². The summed E-state index contributed by atoms with van der Waals surface area (Å²) >= 11 is 1.84. The summed E-state index contributed by atoms with van der Waals surface area (Å²) < 4.78 is 0. The standard InChI is InChI=1S/C10H12S/c1-4-8(2)7-10-6-5-9(3)11-10/h1,5-6,8H,7H2,2-3H3. The highest BCUT2D eigenvalue weighted by Gasteiger charge is 2.00. The second-order valence-electron chi connectivity index (χ2n) is 2.78. The lowest BCUT2D eigenvalue weighted by molar-refractivity contribution is 0.761. The lowest BCUT2D eigenvalue weighted by Gasteiger charge is -1.98. The number of hydrogen-bond donors (Lipinski definition) is 0. The molecule has 1 aromatic rings. The molecule has 11 heavy (non-hydrogen) atoms. The Morgan fingerprint density at radius 1 is 1.64 bits per heavy atom. The van der Waals surface area contributed by atoms with E-state index in [0.29, 0.717) is 5.92 Å². The average Bonchev–Trinajstić information content (AvgIpc) is 2.35. The van der Waals surface area contributed by atoms with Crippen LogP contribution in [-0.4, -0.2) is 0 Å². The van der Waals surface area contributed by atoms with Crippen LogP contribution < -0.4 is 0 Å². The molecule has 1 unspecified atom stereocenters. The monoisotopic (exact) mass is 164 g/mol. The molecule has 0 aromatic carbocycles. The molecule has 0 saturated heterocycles. The van der Waals surface area contributed by atoms with Gasteiger partial charge in [-0.05, 0) is 25.5 Å². The van der Waals surface area contributed by atoms with Crippen LogP contribution >= 0.6 is 11.3 Å². The molecule has 1 heterocycles. The zero-order valence-corrected chi connectivity index (χ0v) is 7.74. The Kier molecular flexibility index (Phi) is 2.73. The Hall–Kier alpha value is -0.740. The van der Waals surface area contributed by atoms with E-state index >= 15 is 0 Å². The van der Waals surface area contributed by atoms with Crippen molar-refractivity contribution in [1.82, 2.24) is 0 Å². The van der Waals surface area contributed by atoms with E-state index in [0.717, 1.165) is 6.42 Å². The van der Waals surface area contributed by atoms with E-state index in [2.05, 4.69) is 31.9 Å². The molecule has 0 nitrogen and oxygen atoms in total. The maximum Gasteiger partial charge on any atom is 0.0220 e. The zero-order valence-electron chi connectivity index (χ0n) is 6.92. The van der Waals surface area contributed by atoms with Gasteiger partial charge in [-0.2, -0.15) is 0 Å². The molecule has 0 saturated carbocycles. The molecule has 58 valence electrons. The van der Waals surface area contributed by atoms with Crippen LogP contribution in [0.3, 0.4) is 0 Å². The van der Waals surface area contributed by atoms with Crippen LogP contribution in [0.15, 0.2) is 12.1 Å². The Bertz CT molecular complexity index is 265. The van der Waals surface area contributed by atoms with Crippen LogP contribution in [0, 0.1) is 25.2 Å². The van der Waals surface area contributed by atoms with Gasteiger partial charge in [0.25, 0.3) is 0 Å². The van der Waals surface area contributed by atoms with E-state index in [4.69, 9.17) is 6.42 Å². The fraction of sp³-hybridized carbons (Fsp3) is 0.400. The van der Waals surface area contributed by atoms with Crippen molar-refractivity contribution in [2.75, 3.05) is 0 Å². The summed E-state index contributed by atoms with van der Waals surface area (Å²) in [7, 11) is 0. The molecule has 0 N–H and O–H groups in total. The van der Waals surface area contributed by atoms with Crippen molar-refractivity contribution in [2.24, 2.45) is 5.92 Å². The minimum atomic E-state index is 0.369. The van der Waals surface area contributed by atoms with Gasteiger partial charge in [-0.1, -0.05) is 6.92 Å². The lowest BCUT2D eigenvalue weighted by Crippen LogP contribution is -1.92. The maximum absolute atomic E-state index is 5.28. The normalized spacial score (nSPS) is 12.5. The first kappa shape index (κ1) is 8.36. The largest absolute Gasteiger partial charge is 0.146 e. The second kappa shape index (κ2) is 3.59. The Balaban J connectivity index is 2.59. The lowest BCUT2D eigenvalue weighted by atomic mass is 10.1. The molecule has 0 aliphatic heterocycles. The van der Waals surface area contributed by atoms with E-state index in [-0.39, 0.29) is 0 Å². The van der Waals surface area contributed by atoms with Crippen LogP contribution in [-0.2, 0) is 6.42 Å². The minimum Gasteiger partial charge on any atom is -0.146 e. The third kappa shape index (κ3) is 2.40. The van der Waals surface area contributed by atoms with Crippen molar-refractivity contribution in [3.63, 3.8) is 0 Å². The fourth-order valence-electron chi connectivity index (χ4n) is 0.956. The first-order valence-electron chi connectivity index (χ1n) is 3.74. The average molecular weight is 164 g/mol. The van der Waals surface area contributed by atoms with Gasteiger partial charge in [-0.3, -0.25) is 0 Å². The van der Waals surface area contributed by atoms with Crippen molar-refractivity contribution >= 4 is 11.3 Å². The van der Waals surface area contributed by atoms with Gasteiger partial charge >= 0.3 is 0 Å². The SMILES string of the molecule is C#CC(C)Cc1ccc(C)s1. The van der Waals surface area contributed by atoms with Crippen molar-refractivity contribution in [3.05, 3.63) is 21.9 Å². The second-order valence-corrected chi connectivity index (χ2v) is 4.16. The molecule has 0 aliphatic carbocycles. The molecular weight excluding hydrogens is 152 g/mol. The van der Waals surface area contributed by atoms with Crippen molar-refractivity contribution in [2.45, 2.75) is 20.3 Å². The van der Waals surface area contributed by atoms with Gasteiger partial charge in [0.15, 0.2) is 0 Å².